The second kappa shape index (κ2) is 10.8. The van der Waals surface area contributed by atoms with Crippen LogP contribution < -0.4 is 9.91 Å². The lowest BCUT2D eigenvalue weighted by Gasteiger charge is -2.39. The van der Waals surface area contributed by atoms with Gasteiger partial charge in [-0.05, 0) is 61.9 Å². The first-order chi connectivity index (χ1) is 16.7. The molecule has 6 heteroatoms. The molecule has 2 aromatic rings. The lowest BCUT2D eigenvalue weighted by atomic mass is 9.83. The number of rotatable bonds is 7. The van der Waals surface area contributed by atoms with Crippen molar-refractivity contribution in [1.29, 1.82) is 0 Å². The minimum absolute atomic E-state index is 0.301. The summed E-state index contributed by atoms with van der Waals surface area (Å²) in [6.07, 6.45) is 10.1. The third kappa shape index (κ3) is 5.22. The van der Waals surface area contributed by atoms with Gasteiger partial charge in [-0.25, -0.2) is 4.98 Å². The molecule has 1 aliphatic carbocycles. The minimum Gasteiger partial charge on any atom is -0.354 e. The molecule has 2 saturated heterocycles. The topological polar surface area (TPSA) is 42.9 Å². The van der Waals surface area contributed by atoms with Gasteiger partial charge in [0.25, 0.3) is 0 Å². The van der Waals surface area contributed by atoms with Gasteiger partial charge in [-0.3, -0.25) is 19.7 Å². The number of amides is 1. The highest BCUT2D eigenvalue weighted by molar-refractivity contribution is 5.83. The van der Waals surface area contributed by atoms with E-state index in [2.05, 4.69) is 74.2 Å². The highest BCUT2D eigenvalue weighted by Crippen LogP contribution is 2.37. The summed E-state index contributed by atoms with van der Waals surface area (Å²) >= 11 is 0. The highest BCUT2D eigenvalue weighted by atomic mass is 16.2. The van der Waals surface area contributed by atoms with E-state index >= 15 is 0 Å². The second-order valence-corrected chi connectivity index (χ2v) is 10.2. The van der Waals surface area contributed by atoms with Crippen LogP contribution in [0.15, 0.2) is 48.7 Å². The van der Waals surface area contributed by atoms with Crippen molar-refractivity contribution in [2.45, 2.75) is 57.9 Å². The maximum atomic E-state index is 13.2. The zero-order valence-electron chi connectivity index (χ0n) is 20.6. The second-order valence-electron chi connectivity index (χ2n) is 10.2. The number of carbonyl (C=O) groups excluding carboxylic acids is 1. The molecule has 0 N–H and O–H groups in total. The van der Waals surface area contributed by atoms with Crippen LogP contribution in [0.4, 0.5) is 11.5 Å². The van der Waals surface area contributed by atoms with E-state index < -0.39 is 0 Å². The molecule has 5 rings (SSSR count). The zero-order valence-corrected chi connectivity index (χ0v) is 20.6. The number of aryl methyl sites for hydroxylation is 1. The van der Waals surface area contributed by atoms with E-state index in [0.29, 0.717) is 24.3 Å². The van der Waals surface area contributed by atoms with Crippen molar-refractivity contribution >= 4 is 17.4 Å². The van der Waals surface area contributed by atoms with Crippen LogP contribution in [-0.2, 0) is 4.79 Å². The molecule has 34 heavy (non-hydrogen) atoms. The number of carbonyl (C=O) groups is 1. The van der Waals surface area contributed by atoms with Crippen LogP contribution in [-0.4, -0.2) is 66.1 Å². The van der Waals surface area contributed by atoms with E-state index in [1.54, 1.807) is 0 Å². The van der Waals surface area contributed by atoms with Crippen LogP contribution >= 0.6 is 0 Å². The number of hydrazine groups is 1. The van der Waals surface area contributed by atoms with Crippen LogP contribution in [0.3, 0.4) is 0 Å². The molecule has 0 spiro atoms. The highest BCUT2D eigenvalue weighted by Gasteiger charge is 2.42. The van der Waals surface area contributed by atoms with E-state index in [1.165, 1.54) is 43.4 Å². The van der Waals surface area contributed by atoms with Crippen LogP contribution in [0.1, 0.15) is 50.5 Å². The number of anilines is 2. The van der Waals surface area contributed by atoms with Gasteiger partial charge in [0.2, 0.25) is 5.91 Å². The molecule has 0 radical (unpaired) electrons. The van der Waals surface area contributed by atoms with E-state index in [-0.39, 0.29) is 0 Å². The first-order valence-corrected chi connectivity index (χ1v) is 13.2. The number of hydrogen-bond acceptors (Lipinski definition) is 5. The molecule has 3 heterocycles. The SMILES string of the molecule is Cc1ccnc(N2CCN(CCCN3C(=O)CC(C4CCCCC4)N3c3ccccc3)CC2)c1. The average Bonchev–Trinajstić information content (AvgIpc) is 3.21. The normalized spacial score (nSPS) is 22.6. The van der Waals surface area contributed by atoms with Crippen molar-refractivity contribution in [3.05, 3.63) is 54.2 Å². The maximum Gasteiger partial charge on any atom is 0.243 e. The van der Waals surface area contributed by atoms with Gasteiger partial charge in [0.1, 0.15) is 5.82 Å². The van der Waals surface area contributed by atoms with Crippen molar-refractivity contribution in [3.8, 4) is 0 Å². The van der Waals surface area contributed by atoms with Crippen molar-refractivity contribution in [2.75, 3.05) is 49.2 Å². The first kappa shape index (κ1) is 23.2. The predicted octanol–water partition coefficient (Wildman–Crippen LogP) is 4.50. The molecule has 3 aliphatic rings. The van der Waals surface area contributed by atoms with Gasteiger partial charge in [0.15, 0.2) is 0 Å². The molecule has 1 aromatic heterocycles. The number of hydrogen-bond donors (Lipinski definition) is 0. The molecule has 182 valence electrons. The third-order valence-electron chi connectivity index (χ3n) is 7.90. The quantitative estimate of drug-likeness (QED) is 0.607. The van der Waals surface area contributed by atoms with Crippen LogP contribution in [0, 0.1) is 12.8 Å². The Kier molecular flexibility index (Phi) is 7.33. The molecular formula is C28H39N5O. The maximum absolute atomic E-state index is 13.2. The van der Waals surface area contributed by atoms with E-state index in [0.717, 1.165) is 51.5 Å². The molecule has 1 aromatic carbocycles. The fraction of sp³-hybridized carbons (Fsp3) is 0.571. The number of pyridine rings is 1. The molecule has 1 atom stereocenters. The smallest absolute Gasteiger partial charge is 0.243 e. The van der Waals surface area contributed by atoms with Crippen molar-refractivity contribution in [2.24, 2.45) is 5.92 Å². The summed E-state index contributed by atoms with van der Waals surface area (Å²) in [5, 5.41) is 4.43. The lowest BCUT2D eigenvalue weighted by molar-refractivity contribution is -0.128. The summed E-state index contributed by atoms with van der Waals surface area (Å²) in [7, 11) is 0. The Morgan fingerprint density at radius 2 is 1.71 bits per heavy atom. The Hall–Kier alpha value is -2.60. The Morgan fingerprint density at radius 1 is 0.941 bits per heavy atom. The fourth-order valence-corrected chi connectivity index (χ4v) is 6.04. The number of nitrogens with zero attached hydrogens (tertiary/aromatic N) is 5. The fourth-order valence-electron chi connectivity index (χ4n) is 6.04. The van der Waals surface area contributed by atoms with Gasteiger partial charge in [-0.2, -0.15) is 0 Å². The van der Waals surface area contributed by atoms with Gasteiger partial charge in [0, 0.05) is 45.5 Å². The average molecular weight is 462 g/mol. The Bertz CT molecular complexity index is 937. The molecule has 3 fully saturated rings. The van der Waals surface area contributed by atoms with Gasteiger partial charge in [0.05, 0.1) is 18.2 Å². The third-order valence-corrected chi connectivity index (χ3v) is 7.90. The molecule has 1 saturated carbocycles. The monoisotopic (exact) mass is 461 g/mol. The summed E-state index contributed by atoms with van der Waals surface area (Å²) in [5.41, 5.74) is 2.43. The van der Waals surface area contributed by atoms with E-state index in [1.807, 2.05) is 6.20 Å². The summed E-state index contributed by atoms with van der Waals surface area (Å²) in [6, 6.07) is 15.1. The van der Waals surface area contributed by atoms with Gasteiger partial charge in [-0.1, -0.05) is 37.5 Å². The van der Waals surface area contributed by atoms with Gasteiger partial charge in [-0.15, -0.1) is 0 Å². The molecule has 1 amide bonds. The summed E-state index contributed by atoms with van der Waals surface area (Å²) in [6.45, 7) is 8.09. The lowest BCUT2D eigenvalue weighted by Crippen LogP contribution is -2.49. The summed E-state index contributed by atoms with van der Waals surface area (Å²) in [5.74, 6) is 2.02. The zero-order chi connectivity index (χ0) is 23.3. The Balaban J connectivity index is 1.17. The Labute approximate surface area is 204 Å². The van der Waals surface area contributed by atoms with Crippen molar-refractivity contribution < 1.29 is 4.79 Å². The van der Waals surface area contributed by atoms with Gasteiger partial charge >= 0.3 is 0 Å². The predicted molar refractivity (Wildman–Crippen MR) is 138 cm³/mol. The van der Waals surface area contributed by atoms with E-state index in [4.69, 9.17) is 0 Å². The van der Waals surface area contributed by atoms with Crippen LogP contribution in [0.5, 0.6) is 0 Å². The van der Waals surface area contributed by atoms with Gasteiger partial charge < -0.3 is 4.90 Å². The standard InChI is InChI=1S/C28H39N5O/c1-23-13-14-29-27(21-23)31-19-17-30(18-20-31)15-8-16-32-28(34)22-26(24-9-4-2-5-10-24)33(32)25-11-6-3-7-12-25/h3,6-7,11-14,21,24,26H,2,4-5,8-10,15-20,22H2,1H3. The van der Waals surface area contributed by atoms with Crippen LogP contribution in [0.25, 0.3) is 0 Å². The molecule has 6 nitrogen and oxygen atoms in total. The summed E-state index contributed by atoms with van der Waals surface area (Å²) in [4.78, 5) is 22.7. The molecule has 1 unspecified atom stereocenters. The largest absolute Gasteiger partial charge is 0.354 e. The van der Waals surface area contributed by atoms with Crippen molar-refractivity contribution in [3.63, 3.8) is 0 Å². The minimum atomic E-state index is 0.301. The number of piperazine rings is 1. The molecule has 0 bridgehead atoms. The Morgan fingerprint density at radius 3 is 2.44 bits per heavy atom. The van der Waals surface area contributed by atoms with E-state index in [9.17, 15) is 4.79 Å². The number of aromatic nitrogens is 1. The summed E-state index contributed by atoms with van der Waals surface area (Å²) < 4.78 is 0. The number of benzene rings is 1. The van der Waals surface area contributed by atoms with Crippen LogP contribution in [0.2, 0.25) is 0 Å². The first-order valence-electron chi connectivity index (χ1n) is 13.2. The molecule has 2 aliphatic heterocycles. The number of para-hydroxylation sites is 1. The van der Waals surface area contributed by atoms with Crippen molar-refractivity contribution in [1.82, 2.24) is 14.9 Å². The molecular weight excluding hydrogens is 422 g/mol.